The van der Waals surface area contributed by atoms with Gasteiger partial charge in [0, 0.05) is 5.02 Å². The zero-order valence-electron chi connectivity index (χ0n) is 16.2. The van der Waals surface area contributed by atoms with E-state index in [-0.39, 0.29) is 12.5 Å². The quantitative estimate of drug-likeness (QED) is 0.580. The fourth-order valence-corrected chi connectivity index (χ4v) is 4.23. The zero-order chi connectivity index (χ0) is 19.9. The number of aromatic nitrogens is 1. The van der Waals surface area contributed by atoms with Crippen LogP contribution in [0.5, 0.6) is 5.75 Å². The van der Waals surface area contributed by atoms with Crippen LogP contribution in [0, 0.1) is 0 Å². The van der Waals surface area contributed by atoms with Crippen molar-refractivity contribution in [3.05, 3.63) is 53.6 Å². The van der Waals surface area contributed by atoms with E-state index >= 15 is 0 Å². The van der Waals surface area contributed by atoms with Gasteiger partial charge in [-0.05, 0) is 44.2 Å². The number of halogens is 1. The molecule has 28 heavy (non-hydrogen) atoms. The maximum Gasteiger partial charge on any atom is 0.266 e. The lowest BCUT2D eigenvalue weighted by Gasteiger charge is -2.23. The molecule has 0 bridgehead atoms. The summed E-state index contributed by atoms with van der Waals surface area (Å²) in [5.41, 5.74) is 0.848. The van der Waals surface area contributed by atoms with Gasteiger partial charge in [-0.15, -0.1) is 0 Å². The van der Waals surface area contributed by atoms with Crippen molar-refractivity contribution in [3.8, 4) is 5.75 Å². The minimum Gasteiger partial charge on any atom is -0.484 e. The summed E-state index contributed by atoms with van der Waals surface area (Å²) in [5.74, 6) is 0.585. The van der Waals surface area contributed by atoms with E-state index in [0.717, 1.165) is 29.9 Å². The van der Waals surface area contributed by atoms with Crippen LogP contribution in [0.4, 0.5) is 5.13 Å². The predicted molar refractivity (Wildman–Crippen MR) is 116 cm³/mol. The van der Waals surface area contributed by atoms with Crippen LogP contribution in [0.2, 0.25) is 5.02 Å². The Morgan fingerprint density at radius 2 is 1.93 bits per heavy atom. The Balaban J connectivity index is 1.79. The monoisotopic (exact) mass is 418 g/mol. The van der Waals surface area contributed by atoms with Crippen LogP contribution in [0.3, 0.4) is 0 Å². The van der Waals surface area contributed by atoms with Crippen molar-refractivity contribution in [1.29, 1.82) is 0 Å². The highest BCUT2D eigenvalue weighted by molar-refractivity contribution is 7.22. The molecule has 0 atom stereocenters. The van der Waals surface area contributed by atoms with Crippen molar-refractivity contribution in [2.24, 2.45) is 0 Å². The lowest BCUT2D eigenvalue weighted by molar-refractivity contribution is -0.894. The van der Waals surface area contributed by atoms with Crippen LogP contribution in [0.15, 0.2) is 48.5 Å². The van der Waals surface area contributed by atoms with Gasteiger partial charge in [-0.3, -0.25) is 9.69 Å². The largest absolute Gasteiger partial charge is 0.484 e. The average Bonchev–Trinajstić information content (AvgIpc) is 3.13. The Kier molecular flexibility index (Phi) is 7.25. The Morgan fingerprint density at radius 3 is 2.64 bits per heavy atom. The molecule has 0 fully saturated rings. The summed E-state index contributed by atoms with van der Waals surface area (Å²) in [7, 11) is 0. The second-order valence-electron chi connectivity index (χ2n) is 6.46. The molecule has 0 unspecified atom stereocenters. The number of nitrogens with zero attached hydrogens (tertiary/aromatic N) is 2. The first-order valence-electron chi connectivity index (χ1n) is 9.48. The van der Waals surface area contributed by atoms with Crippen LogP contribution < -0.4 is 14.5 Å². The Morgan fingerprint density at radius 1 is 1.18 bits per heavy atom. The van der Waals surface area contributed by atoms with E-state index in [2.05, 4.69) is 18.8 Å². The number of anilines is 1. The number of amides is 1. The maximum atomic E-state index is 13.0. The van der Waals surface area contributed by atoms with Crippen molar-refractivity contribution in [2.45, 2.75) is 13.8 Å². The second-order valence-corrected chi connectivity index (χ2v) is 7.91. The Bertz CT molecular complexity index is 912. The topological polar surface area (TPSA) is 46.9 Å². The minimum absolute atomic E-state index is 0.0196. The van der Waals surface area contributed by atoms with Crippen LogP contribution >= 0.6 is 22.9 Å². The summed E-state index contributed by atoms with van der Waals surface area (Å²) >= 11 is 7.58. The summed E-state index contributed by atoms with van der Waals surface area (Å²) in [6.07, 6.45) is 0. The van der Waals surface area contributed by atoms with Crippen LogP contribution in [-0.4, -0.2) is 43.7 Å². The molecule has 0 aliphatic rings. The standard InChI is InChI=1S/C21H24ClN3O2S/c1-3-24(4-2)12-13-25(20(26)15-27-17-8-6-5-7-9-17)21-23-18-11-10-16(22)14-19(18)28-21/h5-11,14H,3-4,12-13,15H2,1-2H3/p+1. The predicted octanol–water partition coefficient (Wildman–Crippen LogP) is 3.29. The highest BCUT2D eigenvalue weighted by Gasteiger charge is 2.22. The molecule has 1 heterocycles. The fraction of sp³-hybridized carbons (Fsp3) is 0.333. The van der Waals surface area contributed by atoms with Crippen molar-refractivity contribution in [3.63, 3.8) is 0 Å². The molecule has 1 aromatic heterocycles. The third-order valence-corrected chi connectivity index (χ3v) is 5.94. The molecule has 0 aliphatic heterocycles. The number of para-hydroxylation sites is 1. The lowest BCUT2D eigenvalue weighted by Crippen LogP contribution is -3.12. The molecule has 148 valence electrons. The van der Waals surface area contributed by atoms with E-state index in [1.54, 1.807) is 4.90 Å². The van der Waals surface area contributed by atoms with E-state index < -0.39 is 0 Å². The first-order chi connectivity index (χ1) is 13.6. The van der Waals surface area contributed by atoms with Gasteiger partial charge in [-0.25, -0.2) is 4.98 Å². The van der Waals surface area contributed by atoms with Gasteiger partial charge < -0.3 is 9.64 Å². The first-order valence-corrected chi connectivity index (χ1v) is 10.7. The van der Waals surface area contributed by atoms with Gasteiger partial charge >= 0.3 is 0 Å². The number of thiazole rings is 1. The van der Waals surface area contributed by atoms with Crippen LogP contribution in [0.1, 0.15) is 13.8 Å². The number of hydrogen-bond acceptors (Lipinski definition) is 4. The van der Waals surface area contributed by atoms with Crippen molar-refractivity contribution < 1.29 is 14.4 Å². The Hall–Kier alpha value is -2.15. The summed E-state index contributed by atoms with van der Waals surface area (Å²) in [4.78, 5) is 20.8. The van der Waals surface area contributed by atoms with E-state index in [1.165, 1.54) is 16.2 Å². The molecule has 1 amide bonds. The van der Waals surface area contributed by atoms with Crippen LogP contribution in [0.25, 0.3) is 10.2 Å². The molecule has 2 aromatic carbocycles. The molecule has 3 aromatic rings. The van der Waals surface area contributed by atoms with Crippen LogP contribution in [-0.2, 0) is 4.79 Å². The van der Waals surface area contributed by atoms with Gasteiger partial charge in [0.15, 0.2) is 11.7 Å². The molecule has 0 aliphatic carbocycles. The molecule has 0 saturated heterocycles. The van der Waals surface area contributed by atoms with Gasteiger partial charge in [0.05, 0.1) is 36.4 Å². The number of hydrogen-bond donors (Lipinski definition) is 1. The fourth-order valence-electron chi connectivity index (χ4n) is 2.94. The molecule has 7 heteroatoms. The third-order valence-electron chi connectivity index (χ3n) is 4.67. The maximum absolute atomic E-state index is 13.0. The molecular weight excluding hydrogens is 394 g/mol. The summed E-state index contributed by atoms with van der Waals surface area (Å²) in [6, 6.07) is 15.0. The number of nitrogens with one attached hydrogen (secondary N) is 1. The Labute approximate surface area is 174 Å². The second kappa shape index (κ2) is 9.87. The summed E-state index contributed by atoms with van der Waals surface area (Å²) in [6.45, 7) is 7.80. The average molecular weight is 419 g/mol. The number of benzene rings is 2. The van der Waals surface area contributed by atoms with Gasteiger partial charge in [-0.1, -0.05) is 41.1 Å². The SMILES string of the molecule is CC[NH+](CC)CCN(C(=O)COc1ccccc1)c1nc2ccc(Cl)cc2s1. The van der Waals surface area contributed by atoms with E-state index in [9.17, 15) is 4.79 Å². The van der Waals surface area contributed by atoms with E-state index in [1.807, 2.05) is 48.5 Å². The normalized spacial score (nSPS) is 11.1. The number of ether oxygens (including phenoxy) is 1. The molecule has 0 spiro atoms. The van der Waals surface area contributed by atoms with E-state index in [4.69, 9.17) is 16.3 Å². The van der Waals surface area contributed by atoms with Gasteiger partial charge in [0.1, 0.15) is 5.75 Å². The number of rotatable bonds is 9. The summed E-state index contributed by atoms with van der Waals surface area (Å²) < 4.78 is 6.65. The number of carbonyl (C=O) groups is 1. The number of carbonyl (C=O) groups excluding carboxylic acids is 1. The molecule has 3 rings (SSSR count). The molecule has 5 nitrogen and oxygen atoms in total. The highest BCUT2D eigenvalue weighted by atomic mass is 35.5. The van der Waals surface area contributed by atoms with Crippen molar-refractivity contribution >= 4 is 44.2 Å². The lowest BCUT2D eigenvalue weighted by atomic mass is 10.3. The van der Waals surface area contributed by atoms with Gasteiger partial charge in [-0.2, -0.15) is 0 Å². The van der Waals surface area contributed by atoms with Gasteiger partial charge in [0.25, 0.3) is 5.91 Å². The number of likely N-dealkylation sites (N-methyl/N-ethyl adjacent to an activating group) is 1. The minimum atomic E-state index is -0.0967. The van der Waals surface area contributed by atoms with Crippen molar-refractivity contribution in [2.75, 3.05) is 37.7 Å². The number of fused-ring (bicyclic) bond motifs is 1. The first kappa shape index (κ1) is 20.6. The molecule has 0 saturated carbocycles. The molecular formula is C21H25ClN3O2S+. The van der Waals surface area contributed by atoms with Gasteiger partial charge in [0.2, 0.25) is 0 Å². The smallest absolute Gasteiger partial charge is 0.266 e. The third kappa shape index (κ3) is 5.22. The number of quaternary nitrogens is 1. The summed E-state index contributed by atoms with van der Waals surface area (Å²) in [5, 5.41) is 1.35. The molecule has 1 N–H and O–H groups in total. The van der Waals surface area contributed by atoms with Crippen molar-refractivity contribution in [1.82, 2.24) is 4.98 Å². The van der Waals surface area contributed by atoms with E-state index in [0.29, 0.717) is 22.4 Å². The molecule has 0 radical (unpaired) electrons. The highest BCUT2D eigenvalue weighted by Crippen LogP contribution is 2.30. The zero-order valence-corrected chi connectivity index (χ0v) is 17.7.